The summed E-state index contributed by atoms with van der Waals surface area (Å²) in [4.78, 5) is 4.46. The Morgan fingerprint density at radius 3 is 2.27 bits per heavy atom. The first kappa shape index (κ1) is 16.1. The molecule has 0 spiro atoms. The van der Waals surface area contributed by atoms with E-state index in [1.165, 1.54) is 0 Å². The van der Waals surface area contributed by atoms with Gasteiger partial charge in [-0.1, -0.05) is 5.16 Å². The van der Waals surface area contributed by atoms with Crippen LogP contribution in [-0.4, -0.2) is 38.3 Å². The first-order chi connectivity index (χ1) is 12.7. The van der Waals surface area contributed by atoms with E-state index in [9.17, 15) is 0 Å². The summed E-state index contributed by atoms with van der Waals surface area (Å²) in [5.74, 6) is 3.62. The van der Waals surface area contributed by atoms with Crippen LogP contribution in [0.3, 0.4) is 0 Å². The number of benzene rings is 2. The smallest absolute Gasteiger partial charge is 0.258 e. The minimum Gasteiger partial charge on any atom is -0.493 e. The van der Waals surface area contributed by atoms with E-state index in [1.807, 2.05) is 18.2 Å². The molecule has 2 aromatic carbocycles. The van der Waals surface area contributed by atoms with Crippen molar-refractivity contribution in [1.82, 2.24) is 10.1 Å². The van der Waals surface area contributed by atoms with Gasteiger partial charge in [-0.15, -0.1) is 0 Å². The van der Waals surface area contributed by atoms with Crippen molar-refractivity contribution in [2.75, 3.05) is 28.1 Å². The molecule has 0 fully saturated rings. The van der Waals surface area contributed by atoms with Gasteiger partial charge in [-0.3, -0.25) is 0 Å². The first-order valence-electron chi connectivity index (χ1n) is 7.77. The molecule has 8 nitrogen and oxygen atoms in total. The molecule has 2 heterocycles. The van der Waals surface area contributed by atoms with Gasteiger partial charge in [0.25, 0.3) is 5.89 Å². The lowest BCUT2D eigenvalue weighted by Crippen LogP contribution is -1.95. The molecule has 0 saturated heterocycles. The molecule has 134 valence electrons. The van der Waals surface area contributed by atoms with Crippen LogP contribution in [-0.2, 0) is 0 Å². The zero-order chi connectivity index (χ0) is 18.1. The Bertz CT molecular complexity index is 928. The van der Waals surface area contributed by atoms with Gasteiger partial charge in [0.15, 0.2) is 23.0 Å². The van der Waals surface area contributed by atoms with Crippen LogP contribution in [0.15, 0.2) is 34.9 Å². The molecule has 4 rings (SSSR count). The lowest BCUT2D eigenvalue weighted by molar-refractivity contribution is 0.174. The molecule has 0 atom stereocenters. The van der Waals surface area contributed by atoms with Crippen molar-refractivity contribution in [2.24, 2.45) is 0 Å². The minimum atomic E-state index is 0.210. The van der Waals surface area contributed by atoms with E-state index in [1.54, 1.807) is 33.5 Å². The minimum absolute atomic E-state index is 0.210. The standard InChI is InChI=1S/C18H16N2O6/c1-21-14-7-11(8-15(22-2)16(14)23-3)18-19-17(20-26-18)10-4-5-12-13(6-10)25-9-24-12/h4-8H,9H2,1-3H3. The zero-order valence-electron chi connectivity index (χ0n) is 14.4. The molecule has 0 aliphatic carbocycles. The van der Waals surface area contributed by atoms with Gasteiger partial charge in [0, 0.05) is 11.1 Å². The van der Waals surface area contributed by atoms with Crippen molar-refractivity contribution in [3.05, 3.63) is 30.3 Å². The van der Waals surface area contributed by atoms with E-state index in [4.69, 9.17) is 28.2 Å². The van der Waals surface area contributed by atoms with Crippen LogP contribution in [0.25, 0.3) is 22.8 Å². The van der Waals surface area contributed by atoms with E-state index in [0.29, 0.717) is 46.0 Å². The van der Waals surface area contributed by atoms with Crippen LogP contribution in [0.5, 0.6) is 28.7 Å². The summed E-state index contributed by atoms with van der Waals surface area (Å²) in [6.07, 6.45) is 0. The van der Waals surface area contributed by atoms with E-state index >= 15 is 0 Å². The predicted octanol–water partition coefficient (Wildman–Crippen LogP) is 3.16. The topological polar surface area (TPSA) is 85.1 Å². The molecule has 3 aromatic rings. The van der Waals surface area contributed by atoms with E-state index in [2.05, 4.69) is 10.1 Å². The number of aromatic nitrogens is 2. The van der Waals surface area contributed by atoms with Gasteiger partial charge in [-0.05, 0) is 30.3 Å². The summed E-state index contributed by atoms with van der Waals surface area (Å²) < 4.78 is 32.1. The summed E-state index contributed by atoms with van der Waals surface area (Å²) >= 11 is 0. The SMILES string of the molecule is COc1cc(-c2nc(-c3ccc4c(c3)OCO4)no2)cc(OC)c1OC. The van der Waals surface area contributed by atoms with Crippen LogP contribution < -0.4 is 23.7 Å². The van der Waals surface area contributed by atoms with Crippen molar-refractivity contribution >= 4 is 0 Å². The molecule has 26 heavy (non-hydrogen) atoms. The summed E-state index contributed by atoms with van der Waals surface area (Å²) in [6.45, 7) is 0.210. The van der Waals surface area contributed by atoms with E-state index in [0.717, 1.165) is 5.56 Å². The van der Waals surface area contributed by atoms with E-state index in [-0.39, 0.29) is 6.79 Å². The van der Waals surface area contributed by atoms with Gasteiger partial charge in [0.1, 0.15) is 0 Å². The van der Waals surface area contributed by atoms with Crippen LogP contribution in [0.2, 0.25) is 0 Å². The Kier molecular flexibility index (Phi) is 4.00. The fourth-order valence-electron chi connectivity index (χ4n) is 2.70. The molecule has 0 N–H and O–H groups in total. The van der Waals surface area contributed by atoms with Crippen molar-refractivity contribution in [2.45, 2.75) is 0 Å². The predicted molar refractivity (Wildman–Crippen MR) is 90.9 cm³/mol. The fourth-order valence-corrected chi connectivity index (χ4v) is 2.70. The molecule has 0 radical (unpaired) electrons. The molecule has 1 aromatic heterocycles. The highest BCUT2D eigenvalue weighted by Gasteiger charge is 2.20. The summed E-state index contributed by atoms with van der Waals surface area (Å²) in [5, 5.41) is 4.05. The first-order valence-corrected chi connectivity index (χ1v) is 7.77. The van der Waals surface area contributed by atoms with Crippen molar-refractivity contribution in [3.63, 3.8) is 0 Å². The van der Waals surface area contributed by atoms with Crippen LogP contribution in [0, 0.1) is 0 Å². The second kappa shape index (κ2) is 6.47. The highest BCUT2D eigenvalue weighted by atomic mass is 16.7. The molecule has 1 aliphatic heterocycles. The number of nitrogens with zero attached hydrogens (tertiary/aromatic N) is 2. The summed E-state index contributed by atoms with van der Waals surface area (Å²) in [5.41, 5.74) is 1.41. The van der Waals surface area contributed by atoms with E-state index < -0.39 is 0 Å². The maximum Gasteiger partial charge on any atom is 0.258 e. The molecule has 0 saturated carbocycles. The van der Waals surface area contributed by atoms with Crippen LogP contribution >= 0.6 is 0 Å². The lowest BCUT2D eigenvalue weighted by Gasteiger charge is -2.12. The van der Waals surface area contributed by atoms with Gasteiger partial charge in [-0.25, -0.2) is 0 Å². The molecule has 1 aliphatic rings. The lowest BCUT2D eigenvalue weighted by atomic mass is 10.1. The largest absolute Gasteiger partial charge is 0.493 e. The molecule has 0 bridgehead atoms. The maximum absolute atomic E-state index is 5.41. The van der Waals surface area contributed by atoms with Gasteiger partial charge in [0.2, 0.25) is 18.4 Å². The maximum atomic E-state index is 5.41. The molecular weight excluding hydrogens is 340 g/mol. The van der Waals surface area contributed by atoms with Crippen LogP contribution in [0.4, 0.5) is 0 Å². The average Bonchev–Trinajstić information content (AvgIpc) is 3.35. The Labute approximate surface area is 149 Å². The number of ether oxygens (including phenoxy) is 5. The number of methoxy groups -OCH3 is 3. The van der Waals surface area contributed by atoms with Crippen LogP contribution in [0.1, 0.15) is 0 Å². The third-order valence-corrected chi connectivity index (χ3v) is 3.97. The Hall–Kier alpha value is -3.42. The van der Waals surface area contributed by atoms with Crippen molar-refractivity contribution in [1.29, 1.82) is 0 Å². The number of fused-ring (bicyclic) bond motifs is 1. The van der Waals surface area contributed by atoms with Gasteiger partial charge in [0.05, 0.1) is 21.3 Å². The number of hydrogen-bond acceptors (Lipinski definition) is 8. The monoisotopic (exact) mass is 356 g/mol. The fraction of sp³-hybridized carbons (Fsp3) is 0.222. The third kappa shape index (κ3) is 2.65. The second-order valence-corrected chi connectivity index (χ2v) is 5.41. The number of rotatable bonds is 5. The second-order valence-electron chi connectivity index (χ2n) is 5.41. The summed E-state index contributed by atoms with van der Waals surface area (Å²) in [6, 6.07) is 8.97. The van der Waals surface area contributed by atoms with Crippen molar-refractivity contribution < 1.29 is 28.2 Å². The average molecular weight is 356 g/mol. The Balaban J connectivity index is 1.72. The normalized spacial score (nSPS) is 12.1. The summed E-state index contributed by atoms with van der Waals surface area (Å²) in [7, 11) is 4.64. The highest BCUT2D eigenvalue weighted by molar-refractivity contribution is 5.68. The third-order valence-electron chi connectivity index (χ3n) is 3.97. The zero-order valence-corrected chi connectivity index (χ0v) is 14.4. The van der Waals surface area contributed by atoms with Crippen molar-refractivity contribution in [3.8, 4) is 51.6 Å². The Morgan fingerprint density at radius 2 is 1.58 bits per heavy atom. The molecular formula is C18H16N2O6. The van der Waals surface area contributed by atoms with Gasteiger partial charge >= 0.3 is 0 Å². The van der Waals surface area contributed by atoms with Gasteiger partial charge < -0.3 is 28.2 Å². The highest BCUT2D eigenvalue weighted by Crippen LogP contribution is 2.41. The molecule has 0 unspecified atom stereocenters. The van der Waals surface area contributed by atoms with Gasteiger partial charge in [-0.2, -0.15) is 4.98 Å². The molecule has 8 heteroatoms. The quantitative estimate of drug-likeness (QED) is 0.689. The number of hydrogen-bond donors (Lipinski definition) is 0. The molecule has 0 amide bonds. The Morgan fingerprint density at radius 1 is 0.846 bits per heavy atom.